The number of rotatable bonds is 3. The molecule has 8 nitrogen and oxygen atoms in total. The minimum Gasteiger partial charge on any atom is -0.493 e. The van der Waals surface area contributed by atoms with E-state index in [2.05, 4.69) is 9.98 Å². The molecule has 1 aromatic heterocycles. The molecule has 0 fully saturated rings. The number of aliphatic imine (C=N–C) groups is 1. The average Bonchev–Trinajstić information content (AvgIpc) is 2.81. The number of benzene rings is 1. The second-order valence-corrected chi connectivity index (χ2v) is 8.06. The van der Waals surface area contributed by atoms with Gasteiger partial charge in [-0.25, -0.2) is 14.6 Å². The average molecular weight is 375 g/mol. The van der Waals surface area contributed by atoms with Crippen molar-refractivity contribution < 1.29 is 19.8 Å². The van der Waals surface area contributed by atoms with Crippen LogP contribution in [0, 0.1) is 0 Å². The Morgan fingerprint density at radius 3 is 2.58 bits per heavy atom. The first-order chi connectivity index (χ1) is 12.2. The highest BCUT2D eigenvalue weighted by molar-refractivity contribution is 8.15. The molecule has 1 unspecified atom stereocenters. The van der Waals surface area contributed by atoms with Gasteiger partial charge in [-0.2, -0.15) is 0 Å². The van der Waals surface area contributed by atoms with E-state index in [4.69, 9.17) is 0 Å². The first kappa shape index (κ1) is 18.0. The van der Waals surface area contributed by atoms with Crippen LogP contribution < -0.4 is 5.69 Å². The number of aromatic nitrogens is 2. The lowest BCUT2D eigenvalue weighted by atomic mass is 10.0. The minimum atomic E-state index is -1.21. The molecule has 136 valence electrons. The molecule has 0 saturated heterocycles. The van der Waals surface area contributed by atoms with E-state index < -0.39 is 34.2 Å². The number of H-pyrrole nitrogens is 1. The second kappa shape index (κ2) is 6.49. The lowest BCUT2D eigenvalue weighted by Gasteiger charge is -2.36. The van der Waals surface area contributed by atoms with Gasteiger partial charge in [-0.1, -0.05) is 42.1 Å². The zero-order valence-electron chi connectivity index (χ0n) is 14.1. The summed E-state index contributed by atoms with van der Waals surface area (Å²) in [4.78, 5) is 42.4. The molecule has 2 aromatic rings. The largest absolute Gasteiger partial charge is 0.493 e. The molecule has 1 aliphatic heterocycles. The van der Waals surface area contributed by atoms with Crippen LogP contribution in [0.1, 0.15) is 31.1 Å². The van der Waals surface area contributed by atoms with Crippen LogP contribution in [0.4, 0.5) is 0 Å². The van der Waals surface area contributed by atoms with Crippen molar-refractivity contribution in [3.05, 3.63) is 52.1 Å². The van der Waals surface area contributed by atoms with Gasteiger partial charge in [-0.05, 0) is 19.4 Å². The predicted molar refractivity (Wildman–Crippen MR) is 96.8 cm³/mol. The summed E-state index contributed by atoms with van der Waals surface area (Å²) in [5, 5.41) is 19.7. The van der Waals surface area contributed by atoms with E-state index in [1.165, 1.54) is 0 Å². The summed E-state index contributed by atoms with van der Waals surface area (Å²) in [5.41, 5.74) is -0.0596. The molecule has 2 heterocycles. The Morgan fingerprint density at radius 1 is 1.31 bits per heavy atom. The summed E-state index contributed by atoms with van der Waals surface area (Å²) in [6.45, 7) is 3.29. The number of carboxylic acid groups (broad SMARTS) is 1. The van der Waals surface area contributed by atoms with Gasteiger partial charge >= 0.3 is 11.7 Å². The SMILES string of the molecule is CC1(C)SC(=NC(=O)Cc2ccccc2)c2c(O)[nH]c(=O)n2C1C(=O)O. The Hall–Kier alpha value is -2.81. The monoisotopic (exact) mass is 375 g/mol. The maximum Gasteiger partial charge on any atom is 0.329 e. The normalized spacial score (nSPS) is 19.9. The Morgan fingerprint density at radius 2 is 1.96 bits per heavy atom. The van der Waals surface area contributed by atoms with E-state index in [1.54, 1.807) is 38.1 Å². The number of hydrogen-bond donors (Lipinski definition) is 3. The quantitative estimate of drug-likeness (QED) is 0.747. The molecule has 0 saturated carbocycles. The number of carboxylic acids is 1. The van der Waals surface area contributed by atoms with Crippen LogP contribution in [-0.2, 0) is 16.0 Å². The number of amides is 1. The first-order valence-electron chi connectivity index (χ1n) is 7.82. The van der Waals surface area contributed by atoms with Gasteiger partial charge in [0.05, 0.1) is 6.42 Å². The summed E-state index contributed by atoms with van der Waals surface area (Å²) >= 11 is 1.04. The summed E-state index contributed by atoms with van der Waals surface area (Å²) in [5.74, 6) is -2.17. The van der Waals surface area contributed by atoms with E-state index in [0.29, 0.717) is 0 Å². The van der Waals surface area contributed by atoms with E-state index in [1.807, 2.05) is 6.07 Å². The number of aliphatic carboxylic acids is 1. The van der Waals surface area contributed by atoms with Gasteiger partial charge in [0, 0.05) is 4.75 Å². The maximum atomic E-state index is 12.3. The standard InChI is InChI=1S/C17H17N3O5S/c1-17(2)12(15(23)24)20-11(13(22)19-16(20)25)14(26-17)18-10(21)8-9-6-4-3-5-7-9/h3-7,12,22H,8H2,1-2H3,(H,19,25)(H,23,24). The fourth-order valence-corrected chi connectivity index (χ4v) is 4.21. The highest BCUT2D eigenvalue weighted by Crippen LogP contribution is 2.44. The Kier molecular flexibility index (Phi) is 4.49. The molecule has 3 rings (SSSR count). The van der Waals surface area contributed by atoms with Crippen LogP contribution in [-0.4, -0.2) is 41.4 Å². The second-order valence-electron chi connectivity index (χ2n) is 6.42. The van der Waals surface area contributed by atoms with Gasteiger partial charge < -0.3 is 10.2 Å². The maximum absolute atomic E-state index is 12.3. The fourth-order valence-electron chi connectivity index (χ4n) is 2.96. The molecule has 0 bridgehead atoms. The van der Waals surface area contributed by atoms with Crippen molar-refractivity contribution in [2.75, 3.05) is 0 Å². The van der Waals surface area contributed by atoms with Crippen LogP contribution in [0.3, 0.4) is 0 Å². The van der Waals surface area contributed by atoms with Crippen LogP contribution in [0.5, 0.6) is 5.88 Å². The van der Waals surface area contributed by atoms with Crippen LogP contribution in [0.2, 0.25) is 0 Å². The number of hydrogen-bond acceptors (Lipinski definition) is 5. The first-order valence-corrected chi connectivity index (χ1v) is 8.63. The molecule has 1 atom stereocenters. The number of fused-ring (bicyclic) bond motifs is 1. The third-order valence-corrected chi connectivity index (χ3v) is 5.27. The molecule has 26 heavy (non-hydrogen) atoms. The lowest BCUT2D eigenvalue weighted by molar-refractivity contribution is -0.141. The number of carbonyl (C=O) groups is 2. The Labute approximate surface area is 152 Å². The highest BCUT2D eigenvalue weighted by atomic mass is 32.2. The Bertz CT molecular complexity index is 959. The summed E-state index contributed by atoms with van der Waals surface area (Å²) in [7, 11) is 0. The fraction of sp³-hybridized carbons (Fsp3) is 0.294. The minimum absolute atomic E-state index is 0.0586. The molecule has 0 aliphatic carbocycles. The molecule has 1 aromatic carbocycles. The predicted octanol–water partition coefficient (Wildman–Crippen LogP) is 1.55. The third-order valence-electron chi connectivity index (χ3n) is 4.05. The summed E-state index contributed by atoms with van der Waals surface area (Å²) < 4.78 is -0.00799. The number of imidazole rings is 1. The number of aromatic hydroxyl groups is 1. The molecule has 3 N–H and O–H groups in total. The van der Waals surface area contributed by atoms with Gasteiger partial charge in [0.15, 0.2) is 6.04 Å². The molecule has 9 heteroatoms. The zero-order valence-corrected chi connectivity index (χ0v) is 14.9. The van der Waals surface area contributed by atoms with Crippen molar-refractivity contribution in [1.29, 1.82) is 0 Å². The molecule has 1 aliphatic rings. The van der Waals surface area contributed by atoms with Crippen LogP contribution >= 0.6 is 11.8 Å². The number of carbonyl (C=O) groups excluding carboxylic acids is 1. The van der Waals surface area contributed by atoms with Gasteiger partial charge in [-0.15, -0.1) is 0 Å². The Balaban J connectivity index is 2.05. The van der Waals surface area contributed by atoms with Crippen molar-refractivity contribution in [3.8, 4) is 5.88 Å². The van der Waals surface area contributed by atoms with Crippen molar-refractivity contribution in [2.45, 2.75) is 31.1 Å². The number of nitrogens with zero attached hydrogens (tertiary/aromatic N) is 2. The number of nitrogens with one attached hydrogen (secondary N) is 1. The van der Waals surface area contributed by atoms with Gasteiger partial charge in [0.25, 0.3) is 5.91 Å². The van der Waals surface area contributed by atoms with Crippen LogP contribution in [0.25, 0.3) is 0 Å². The lowest BCUT2D eigenvalue weighted by Crippen LogP contribution is -2.46. The summed E-state index contributed by atoms with van der Waals surface area (Å²) in [6, 6.07) is 7.82. The van der Waals surface area contributed by atoms with Crippen molar-refractivity contribution in [2.24, 2.45) is 4.99 Å². The molecular weight excluding hydrogens is 358 g/mol. The topological polar surface area (TPSA) is 125 Å². The zero-order chi connectivity index (χ0) is 19.1. The van der Waals surface area contributed by atoms with Crippen LogP contribution in [0.15, 0.2) is 40.1 Å². The smallest absolute Gasteiger partial charge is 0.329 e. The van der Waals surface area contributed by atoms with E-state index in [-0.39, 0.29) is 17.2 Å². The van der Waals surface area contributed by atoms with Crippen molar-refractivity contribution in [3.63, 3.8) is 0 Å². The highest BCUT2D eigenvalue weighted by Gasteiger charge is 2.47. The molecule has 0 radical (unpaired) electrons. The number of thioether (sulfide) groups is 1. The van der Waals surface area contributed by atoms with Gasteiger partial charge in [0.1, 0.15) is 10.7 Å². The summed E-state index contributed by atoms with van der Waals surface area (Å²) in [6.07, 6.45) is 0.0586. The van der Waals surface area contributed by atoms with Gasteiger partial charge in [0.2, 0.25) is 5.88 Å². The third kappa shape index (κ3) is 3.17. The van der Waals surface area contributed by atoms with E-state index in [9.17, 15) is 24.6 Å². The molecule has 0 spiro atoms. The van der Waals surface area contributed by atoms with Crippen molar-refractivity contribution in [1.82, 2.24) is 9.55 Å². The van der Waals surface area contributed by atoms with E-state index in [0.717, 1.165) is 21.9 Å². The number of aromatic amines is 1. The van der Waals surface area contributed by atoms with Crippen molar-refractivity contribution >= 4 is 28.7 Å². The van der Waals surface area contributed by atoms with E-state index >= 15 is 0 Å². The molecule has 1 amide bonds. The molecular formula is C17H17N3O5S. The van der Waals surface area contributed by atoms with Gasteiger partial charge in [-0.3, -0.25) is 14.3 Å².